The third kappa shape index (κ3) is 5.83. The fourth-order valence-corrected chi connectivity index (χ4v) is 2.97. The summed E-state index contributed by atoms with van der Waals surface area (Å²) in [6.45, 7) is 2.03. The van der Waals surface area contributed by atoms with Gasteiger partial charge < -0.3 is 4.74 Å². The maximum absolute atomic E-state index is 12.3. The topological polar surface area (TPSA) is 72.5 Å². The Bertz CT molecular complexity index is 923. The molecule has 0 atom stereocenters. The van der Waals surface area contributed by atoms with Crippen molar-refractivity contribution in [2.45, 2.75) is 11.8 Å². The van der Waals surface area contributed by atoms with E-state index in [1.54, 1.807) is 49.4 Å². The molecule has 0 radical (unpaired) electrons. The van der Waals surface area contributed by atoms with Crippen molar-refractivity contribution in [2.75, 3.05) is 11.3 Å². The largest absolute Gasteiger partial charge is 0.463 e. The van der Waals surface area contributed by atoms with Crippen LogP contribution in [0.5, 0.6) is 0 Å². The lowest BCUT2D eigenvalue weighted by Crippen LogP contribution is -2.12. The summed E-state index contributed by atoms with van der Waals surface area (Å²) < 4.78 is 31.9. The third-order valence-electron chi connectivity index (χ3n) is 2.97. The Kier molecular flexibility index (Phi) is 6.38. The number of sulfonamides is 1. The van der Waals surface area contributed by atoms with Crippen LogP contribution in [0.15, 0.2) is 71.6 Å². The second kappa shape index (κ2) is 8.71. The number of carbonyl (C=O) groups is 1. The molecule has 0 fully saturated rings. The summed E-state index contributed by atoms with van der Waals surface area (Å²) in [6.07, 6.45) is 2.62. The molecule has 0 aliphatic heterocycles. The van der Waals surface area contributed by atoms with E-state index in [2.05, 4.69) is 16.6 Å². The molecule has 128 valence electrons. The van der Waals surface area contributed by atoms with Crippen LogP contribution in [0.1, 0.15) is 12.5 Å². The van der Waals surface area contributed by atoms with Crippen molar-refractivity contribution < 1.29 is 17.9 Å². The number of rotatable bonds is 5. The fraction of sp³-hybridized carbons (Fsp3) is 0.105. The van der Waals surface area contributed by atoms with Crippen LogP contribution in [0.4, 0.5) is 5.69 Å². The molecule has 0 bridgehead atoms. The van der Waals surface area contributed by atoms with Gasteiger partial charge in [-0.05, 0) is 43.3 Å². The predicted molar refractivity (Wildman–Crippen MR) is 96.3 cm³/mol. The molecule has 2 rings (SSSR count). The van der Waals surface area contributed by atoms with Gasteiger partial charge in [0.25, 0.3) is 10.0 Å². The molecule has 0 amide bonds. The summed E-state index contributed by atoms with van der Waals surface area (Å²) in [4.78, 5) is 11.3. The Morgan fingerprint density at radius 1 is 1.16 bits per heavy atom. The molecule has 0 saturated carbocycles. The van der Waals surface area contributed by atoms with Gasteiger partial charge in [-0.25, -0.2) is 13.2 Å². The lowest BCUT2D eigenvalue weighted by atomic mass is 10.2. The summed E-state index contributed by atoms with van der Waals surface area (Å²) in [5.41, 5.74) is 1.02. The monoisotopic (exact) mass is 355 g/mol. The molecule has 0 aliphatic rings. The van der Waals surface area contributed by atoms with Crippen LogP contribution in [0.2, 0.25) is 0 Å². The molecule has 5 nitrogen and oxygen atoms in total. The van der Waals surface area contributed by atoms with Crippen molar-refractivity contribution in [3.05, 3.63) is 72.3 Å². The van der Waals surface area contributed by atoms with E-state index in [1.807, 2.05) is 0 Å². The van der Waals surface area contributed by atoms with Crippen molar-refractivity contribution in [1.82, 2.24) is 0 Å². The third-order valence-corrected chi connectivity index (χ3v) is 4.37. The highest BCUT2D eigenvalue weighted by molar-refractivity contribution is 7.92. The molecule has 6 heteroatoms. The highest BCUT2D eigenvalue weighted by Crippen LogP contribution is 2.16. The quantitative estimate of drug-likeness (QED) is 0.508. The summed E-state index contributed by atoms with van der Waals surface area (Å²) >= 11 is 0. The van der Waals surface area contributed by atoms with E-state index in [4.69, 9.17) is 4.74 Å². The zero-order valence-corrected chi connectivity index (χ0v) is 14.4. The summed E-state index contributed by atoms with van der Waals surface area (Å²) in [7, 11) is -3.65. The first kappa shape index (κ1) is 18.3. The molecule has 0 spiro atoms. The molecule has 0 unspecified atom stereocenters. The zero-order valence-electron chi connectivity index (χ0n) is 13.6. The van der Waals surface area contributed by atoms with Crippen molar-refractivity contribution in [2.24, 2.45) is 0 Å². The lowest BCUT2D eigenvalue weighted by Gasteiger charge is -2.08. The van der Waals surface area contributed by atoms with E-state index in [9.17, 15) is 13.2 Å². The van der Waals surface area contributed by atoms with Gasteiger partial charge in [0, 0.05) is 11.6 Å². The number of nitrogens with one attached hydrogen (secondary N) is 1. The lowest BCUT2D eigenvalue weighted by molar-refractivity contribution is -0.137. The number of hydrogen-bond acceptors (Lipinski definition) is 4. The minimum Gasteiger partial charge on any atom is -0.463 e. The average molecular weight is 355 g/mol. The molecular weight excluding hydrogens is 338 g/mol. The van der Waals surface area contributed by atoms with Gasteiger partial charge >= 0.3 is 5.97 Å². The van der Waals surface area contributed by atoms with Gasteiger partial charge in [-0.1, -0.05) is 36.1 Å². The Hall–Kier alpha value is -3.04. The number of esters is 1. The molecule has 1 N–H and O–H groups in total. The highest BCUT2D eigenvalue weighted by atomic mass is 32.2. The van der Waals surface area contributed by atoms with Gasteiger partial charge in [0.1, 0.15) is 0 Å². The second-order valence-electron chi connectivity index (χ2n) is 4.85. The minimum absolute atomic E-state index is 0.184. The number of anilines is 1. The second-order valence-corrected chi connectivity index (χ2v) is 6.54. The maximum atomic E-state index is 12.3. The summed E-state index contributed by atoms with van der Waals surface area (Å²) in [6, 6.07) is 14.8. The van der Waals surface area contributed by atoms with Gasteiger partial charge in [0.2, 0.25) is 0 Å². The van der Waals surface area contributed by atoms with Gasteiger partial charge in [0.05, 0.1) is 17.2 Å². The van der Waals surface area contributed by atoms with E-state index in [0.717, 1.165) is 0 Å². The normalized spacial score (nSPS) is 10.8. The van der Waals surface area contributed by atoms with Crippen LogP contribution in [0.25, 0.3) is 0 Å². The summed E-state index contributed by atoms with van der Waals surface area (Å²) in [5, 5.41) is 0. The van der Waals surface area contributed by atoms with Gasteiger partial charge in [0.15, 0.2) is 0 Å². The fourth-order valence-electron chi connectivity index (χ4n) is 1.90. The molecule has 0 aliphatic carbocycles. The molecule has 2 aromatic rings. The standard InChI is InChI=1S/C19H17NO4S/c1-2-24-19(21)14-7-6-9-16-10-8-11-17(15-16)20-25(22,23)18-12-4-3-5-13-18/h3-5,7-8,10-15,20H,2H2,1H3/b14-7+. The Morgan fingerprint density at radius 3 is 2.64 bits per heavy atom. The van der Waals surface area contributed by atoms with Crippen molar-refractivity contribution >= 4 is 21.7 Å². The van der Waals surface area contributed by atoms with Crippen LogP contribution in [-0.2, 0) is 19.6 Å². The van der Waals surface area contributed by atoms with E-state index >= 15 is 0 Å². The first-order valence-electron chi connectivity index (χ1n) is 7.54. The first-order valence-corrected chi connectivity index (χ1v) is 9.02. The van der Waals surface area contributed by atoms with Crippen LogP contribution >= 0.6 is 0 Å². The van der Waals surface area contributed by atoms with Crippen molar-refractivity contribution in [1.29, 1.82) is 0 Å². The number of benzene rings is 2. The van der Waals surface area contributed by atoms with Crippen LogP contribution < -0.4 is 4.72 Å². The molecule has 2 aromatic carbocycles. The van der Waals surface area contributed by atoms with E-state index < -0.39 is 16.0 Å². The molecule has 0 saturated heterocycles. The van der Waals surface area contributed by atoms with Gasteiger partial charge in [-0.3, -0.25) is 4.72 Å². The molecular formula is C19H17NO4S. The number of ether oxygens (including phenoxy) is 1. The van der Waals surface area contributed by atoms with E-state index in [-0.39, 0.29) is 4.90 Å². The predicted octanol–water partition coefficient (Wildman–Crippen LogP) is 2.96. The zero-order chi connectivity index (χ0) is 18.1. The molecule has 25 heavy (non-hydrogen) atoms. The van der Waals surface area contributed by atoms with Gasteiger partial charge in [-0.15, -0.1) is 0 Å². The van der Waals surface area contributed by atoms with Crippen LogP contribution in [0, 0.1) is 11.8 Å². The first-order chi connectivity index (χ1) is 12.0. The van der Waals surface area contributed by atoms with Crippen molar-refractivity contribution in [3.8, 4) is 11.8 Å². The summed E-state index contributed by atoms with van der Waals surface area (Å²) in [5.74, 6) is 5.08. The minimum atomic E-state index is -3.65. The van der Waals surface area contributed by atoms with Crippen LogP contribution in [-0.4, -0.2) is 21.0 Å². The SMILES string of the molecule is CCOC(=O)/C=C/C#Cc1cccc(NS(=O)(=O)c2ccccc2)c1. The highest BCUT2D eigenvalue weighted by Gasteiger charge is 2.13. The van der Waals surface area contributed by atoms with Crippen LogP contribution in [0.3, 0.4) is 0 Å². The molecule has 0 heterocycles. The van der Waals surface area contributed by atoms with Gasteiger partial charge in [-0.2, -0.15) is 0 Å². The Labute approximate surface area is 147 Å². The van der Waals surface area contributed by atoms with Crippen molar-refractivity contribution in [3.63, 3.8) is 0 Å². The number of allylic oxidation sites excluding steroid dienone is 1. The maximum Gasteiger partial charge on any atom is 0.331 e. The van der Waals surface area contributed by atoms with E-state index in [1.165, 1.54) is 24.3 Å². The number of hydrogen-bond donors (Lipinski definition) is 1. The van der Waals surface area contributed by atoms with E-state index in [0.29, 0.717) is 17.9 Å². The Morgan fingerprint density at radius 2 is 1.92 bits per heavy atom. The Balaban J connectivity index is 2.11. The smallest absolute Gasteiger partial charge is 0.331 e. The number of carbonyl (C=O) groups excluding carboxylic acids is 1. The average Bonchev–Trinajstić information content (AvgIpc) is 2.60. The molecule has 0 aromatic heterocycles.